The van der Waals surface area contributed by atoms with Crippen molar-refractivity contribution in [2.45, 2.75) is 65.1 Å². The van der Waals surface area contributed by atoms with Crippen LogP contribution < -0.4 is 11.1 Å². The normalized spacial score (nSPS) is 18.2. The van der Waals surface area contributed by atoms with Gasteiger partial charge in [0.05, 0.1) is 12.1 Å². The highest BCUT2D eigenvalue weighted by molar-refractivity contribution is 5.82. The predicted molar refractivity (Wildman–Crippen MR) is 76.9 cm³/mol. The number of aryl methyl sites for hydroxylation is 1. The second kappa shape index (κ2) is 6.35. The molecule has 0 spiro atoms. The van der Waals surface area contributed by atoms with Gasteiger partial charge in [-0.3, -0.25) is 4.79 Å². The molecule has 0 saturated heterocycles. The van der Waals surface area contributed by atoms with Crippen molar-refractivity contribution < 1.29 is 4.79 Å². The second-order valence-corrected chi connectivity index (χ2v) is 5.94. The van der Waals surface area contributed by atoms with E-state index in [1.54, 1.807) is 0 Å². The molecule has 1 aliphatic heterocycles. The zero-order chi connectivity index (χ0) is 14.7. The molecule has 2 atom stereocenters. The van der Waals surface area contributed by atoms with Crippen LogP contribution in [-0.2, 0) is 17.8 Å². The summed E-state index contributed by atoms with van der Waals surface area (Å²) in [6, 6.07) is -0.643. The summed E-state index contributed by atoms with van der Waals surface area (Å²) in [5.74, 6) is 1.87. The Kier molecular flexibility index (Phi) is 4.75. The summed E-state index contributed by atoms with van der Waals surface area (Å²) >= 11 is 0. The molecule has 0 bridgehead atoms. The molecule has 20 heavy (non-hydrogen) atoms. The fraction of sp³-hybridized carbons (Fsp3) is 0.786. The summed E-state index contributed by atoms with van der Waals surface area (Å²) in [7, 11) is 0. The van der Waals surface area contributed by atoms with Crippen molar-refractivity contribution in [2.24, 2.45) is 11.7 Å². The van der Waals surface area contributed by atoms with Crippen LogP contribution in [-0.4, -0.2) is 26.7 Å². The average molecular weight is 279 g/mol. The van der Waals surface area contributed by atoms with Gasteiger partial charge < -0.3 is 15.6 Å². The van der Waals surface area contributed by atoms with E-state index in [2.05, 4.69) is 20.1 Å². The van der Waals surface area contributed by atoms with E-state index in [-0.39, 0.29) is 17.9 Å². The number of nitrogens with zero attached hydrogens (tertiary/aromatic N) is 3. The number of hydrogen-bond donors (Lipinski definition) is 2. The number of aromatic nitrogens is 3. The number of nitrogens with two attached hydrogens (primary N) is 1. The van der Waals surface area contributed by atoms with Crippen LogP contribution in [0.5, 0.6) is 0 Å². The van der Waals surface area contributed by atoms with Crippen molar-refractivity contribution in [1.29, 1.82) is 0 Å². The second-order valence-electron chi connectivity index (χ2n) is 5.94. The first-order valence-electron chi connectivity index (χ1n) is 7.48. The SMILES string of the molecule is CC(NC(=O)[C@@H](N)C(C)C)c1nnc2n1CCCCC2. The van der Waals surface area contributed by atoms with Gasteiger partial charge in [-0.1, -0.05) is 20.3 Å². The quantitative estimate of drug-likeness (QED) is 0.866. The highest BCUT2D eigenvalue weighted by atomic mass is 16.2. The zero-order valence-electron chi connectivity index (χ0n) is 12.6. The molecule has 1 unspecified atom stereocenters. The number of carbonyl (C=O) groups excluding carboxylic acids is 1. The first-order chi connectivity index (χ1) is 9.50. The van der Waals surface area contributed by atoms with Gasteiger partial charge in [0, 0.05) is 13.0 Å². The van der Waals surface area contributed by atoms with E-state index >= 15 is 0 Å². The minimum atomic E-state index is -0.482. The molecular formula is C14H25N5O. The molecule has 0 saturated carbocycles. The van der Waals surface area contributed by atoms with Crippen molar-refractivity contribution in [3.8, 4) is 0 Å². The van der Waals surface area contributed by atoms with Gasteiger partial charge in [0.15, 0.2) is 5.82 Å². The summed E-state index contributed by atoms with van der Waals surface area (Å²) in [6.07, 6.45) is 4.50. The first-order valence-corrected chi connectivity index (χ1v) is 7.48. The van der Waals surface area contributed by atoms with Crippen LogP contribution >= 0.6 is 0 Å². The van der Waals surface area contributed by atoms with Crippen molar-refractivity contribution in [3.05, 3.63) is 11.6 Å². The van der Waals surface area contributed by atoms with E-state index in [9.17, 15) is 4.79 Å². The van der Waals surface area contributed by atoms with Crippen LogP contribution in [0.15, 0.2) is 0 Å². The van der Waals surface area contributed by atoms with Crippen LogP contribution in [0.1, 0.15) is 57.7 Å². The van der Waals surface area contributed by atoms with Gasteiger partial charge in [-0.15, -0.1) is 10.2 Å². The Morgan fingerprint density at radius 1 is 1.25 bits per heavy atom. The third kappa shape index (κ3) is 3.17. The lowest BCUT2D eigenvalue weighted by molar-refractivity contribution is -0.123. The van der Waals surface area contributed by atoms with E-state index in [4.69, 9.17) is 5.73 Å². The number of nitrogens with one attached hydrogen (secondary N) is 1. The van der Waals surface area contributed by atoms with Crippen LogP contribution in [0, 0.1) is 5.92 Å². The monoisotopic (exact) mass is 279 g/mol. The van der Waals surface area contributed by atoms with Gasteiger partial charge in [-0.25, -0.2) is 0 Å². The van der Waals surface area contributed by atoms with Crippen LogP contribution in [0.25, 0.3) is 0 Å². The number of amides is 1. The topological polar surface area (TPSA) is 85.8 Å². The van der Waals surface area contributed by atoms with Gasteiger partial charge in [0.25, 0.3) is 0 Å². The van der Waals surface area contributed by atoms with E-state index in [0.29, 0.717) is 0 Å². The maximum atomic E-state index is 12.0. The highest BCUT2D eigenvalue weighted by Gasteiger charge is 2.23. The van der Waals surface area contributed by atoms with E-state index in [1.165, 1.54) is 6.42 Å². The molecule has 0 aliphatic carbocycles. The molecule has 1 aromatic heterocycles. The van der Waals surface area contributed by atoms with Crippen molar-refractivity contribution >= 4 is 5.91 Å². The van der Waals surface area contributed by atoms with Crippen LogP contribution in [0.4, 0.5) is 0 Å². The maximum Gasteiger partial charge on any atom is 0.237 e. The molecule has 3 N–H and O–H groups in total. The van der Waals surface area contributed by atoms with E-state index in [1.807, 2.05) is 20.8 Å². The Morgan fingerprint density at radius 3 is 2.70 bits per heavy atom. The molecule has 2 rings (SSSR count). The maximum absolute atomic E-state index is 12.0. The standard InChI is InChI=1S/C14H25N5O/c1-9(2)12(15)14(20)16-10(3)13-18-17-11-7-5-4-6-8-19(11)13/h9-10,12H,4-8,15H2,1-3H3,(H,16,20)/t10?,12-/m0/s1. The van der Waals surface area contributed by atoms with E-state index in [0.717, 1.165) is 37.5 Å². The van der Waals surface area contributed by atoms with Gasteiger partial charge in [0.1, 0.15) is 5.82 Å². The molecule has 0 radical (unpaired) electrons. The van der Waals surface area contributed by atoms with Gasteiger partial charge in [0.2, 0.25) is 5.91 Å². The molecule has 0 aromatic carbocycles. The minimum absolute atomic E-state index is 0.123. The molecule has 1 amide bonds. The fourth-order valence-corrected chi connectivity index (χ4v) is 2.50. The van der Waals surface area contributed by atoms with Gasteiger partial charge >= 0.3 is 0 Å². The predicted octanol–water partition coefficient (Wildman–Crippen LogP) is 1.16. The molecule has 0 fully saturated rings. The summed E-state index contributed by atoms with van der Waals surface area (Å²) in [5.41, 5.74) is 5.87. The molecule has 6 heteroatoms. The van der Waals surface area contributed by atoms with Crippen molar-refractivity contribution in [3.63, 3.8) is 0 Å². The third-order valence-corrected chi connectivity index (χ3v) is 3.91. The Hall–Kier alpha value is -1.43. The highest BCUT2D eigenvalue weighted by Crippen LogP contribution is 2.18. The summed E-state index contributed by atoms with van der Waals surface area (Å²) < 4.78 is 2.15. The molecule has 112 valence electrons. The zero-order valence-corrected chi connectivity index (χ0v) is 12.6. The number of rotatable bonds is 4. The number of hydrogen-bond acceptors (Lipinski definition) is 4. The van der Waals surface area contributed by atoms with Crippen molar-refractivity contribution in [1.82, 2.24) is 20.1 Å². The first kappa shape index (κ1) is 15.0. The average Bonchev–Trinajstić information content (AvgIpc) is 2.67. The Bertz CT molecular complexity index is 468. The van der Waals surface area contributed by atoms with Crippen LogP contribution in [0.3, 0.4) is 0 Å². The van der Waals surface area contributed by atoms with Gasteiger partial charge in [-0.05, 0) is 25.7 Å². The molecular weight excluding hydrogens is 254 g/mol. The number of fused-ring (bicyclic) bond motifs is 1. The Labute approximate surface area is 120 Å². The molecule has 6 nitrogen and oxygen atoms in total. The van der Waals surface area contributed by atoms with Gasteiger partial charge in [-0.2, -0.15) is 0 Å². The largest absolute Gasteiger partial charge is 0.345 e. The summed E-state index contributed by atoms with van der Waals surface area (Å²) in [5, 5.41) is 11.5. The lowest BCUT2D eigenvalue weighted by Gasteiger charge is -2.20. The smallest absolute Gasteiger partial charge is 0.237 e. The molecule has 1 aliphatic rings. The number of carbonyl (C=O) groups is 1. The van der Waals surface area contributed by atoms with E-state index < -0.39 is 6.04 Å². The summed E-state index contributed by atoms with van der Waals surface area (Å²) in [4.78, 5) is 12.0. The minimum Gasteiger partial charge on any atom is -0.345 e. The van der Waals surface area contributed by atoms with Crippen LogP contribution in [0.2, 0.25) is 0 Å². The lowest BCUT2D eigenvalue weighted by Crippen LogP contribution is -2.45. The Balaban J connectivity index is 2.08. The lowest BCUT2D eigenvalue weighted by atomic mass is 10.0. The summed E-state index contributed by atoms with van der Waals surface area (Å²) in [6.45, 7) is 6.76. The fourth-order valence-electron chi connectivity index (χ4n) is 2.50. The van der Waals surface area contributed by atoms with Crippen molar-refractivity contribution in [2.75, 3.05) is 0 Å². The third-order valence-electron chi connectivity index (χ3n) is 3.91. The molecule has 2 heterocycles. The molecule has 1 aromatic rings. The Morgan fingerprint density at radius 2 is 2.00 bits per heavy atom.